The van der Waals surface area contributed by atoms with Crippen molar-refractivity contribution in [2.24, 2.45) is 5.92 Å². The third kappa shape index (κ3) is 4.13. The summed E-state index contributed by atoms with van der Waals surface area (Å²) in [5.41, 5.74) is 0.607. The molecule has 0 spiro atoms. The van der Waals surface area contributed by atoms with Gasteiger partial charge in [0.1, 0.15) is 5.75 Å². The van der Waals surface area contributed by atoms with Gasteiger partial charge in [-0.05, 0) is 37.8 Å². The molecule has 19 heavy (non-hydrogen) atoms. The summed E-state index contributed by atoms with van der Waals surface area (Å²) in [5.74, 6) is 0.333. The Balaban J connectivity index is 2.20. The zero-order chi connectivity index (χ0) is 13.9. The topological polar surface area (TPSA) is 21.3 Å². The Morgan fingerprint density at radius 2 is 2.00 bits per heavy atom. The van der Waals surface area contributed by atoms with E-state index in [0.29, 0.717) is 11.5 Å². The molecule has 1 aliphatic carbocycles. The highest BCUT2D eigenvalue weighted by Gasteiger charge is 2.36. The van der Waals surface area contributed by atoms with E-state index in [2.05, 4.69) is 10.1 Å². The number of ether oxygens (including phenoxy) is 1. The molecule has 0 aromatic heterocycles. The van der Waals surface area contributed by atoms with Gasteiger partial charge in [0.25, 0.3) is 0 Å². The van der Waals surface area contributed by atoms with Crippen LogP contribution in [0.2, 0.25) is 0 Å². The Bertz CT molecular complexity index is 415. The summed E-state index contributed by atoms with van der Waals surface area (Å²) >= 11 is 0. The van der Waals surface area contributed by atoms with Gasteiger partial charge in [-0.2, -0.15) is 0 Å². The third-order valence-electron chi connectivity index (χ3n) is 3.19. The molecule has 0 radical (unpaired) electrons. The largest absolute Gasteiger partial charge is 0.573 e. The molecule has 1 aromatic rings. The summed E-state index contributed by atoms with van der Waals surface area (Å²) in [6.07, 6.45) is -1.58. The molecule has 0 bridgehead atoms. The van der Waals surface area contributed by atoms with Crippen molar-refractivity contribution in [2.45, 2.75) is 38.6 Å². The predicted octanol–water partition coefficient (Wildman–Crippen LogP) is 4.04. The van der Waals surface area contributed by atoms with Crippen molar-refractivity contribution in [2.75, 3.05) is 6.54 Å². The summed E-state index contributed by atoms with van der Waals surface area (Å²) in [6.45, 7) is 2.83. The summed E-state index contributed by atoms with van der Waals surface area (Å²) in [6, 6.07) is 6.37. The molecule has 0 saturated heterocycles. The van der Waals surface area contributed by atoms with E-state index in [-0.39, 0.29) is 11.8 Å². The lowest BCUT2D eigenvalue weighted by atomic mass is 10.0. The zero-order valence-electron chi connectivity index (χ0n) is 10.8. The minimum absolute atomic E-state index is 0.0431. The number of para-hydroxylation sites is 1. The molecule has 1 saturated carbocycles. The maximum Gasteiger partial charge on any atom is 0.573 e. The number of alkyl halides is 3. The lowest BCUT2D eigenvalue weighted by Crippen LogP contribution is -2.26. The second-order valence-corrected chi connectivity index (χ2v) is 4.85. The second kappa shape index (κ2) is 5.82. The van der Waals surface area contributed by atoms with Crippen LogP contribution in [-0.2, 0) is 0 Å². The fourth-order valence-corrected chi connectivity index (χ4v) is 2.22. The average molecular weight is 273 g/mol. The van der Waals surface area contributed by atoms with Gasteiger partial charge < -0.3 is 10.1 Å². The standard InChI is InChI=1S/C14H18F3NO/c1-2-9-18-13(10-7-8-10)11-5-3-4-6-12(11)19-14(15,16)17/h3-6,10,13,18H,2,7-9H2,1H3. The molecule has 1 fully saturated rings. The van der Waals surface area contributed by atoms with Crippen LogP contribution >= 0.6 is 0 Å². The van der Waals surface area contributed by atoms with Crippen LogP contribution in [0.1, 0.15) is 37.8 Å². The lowest BCUT2D eigenvalue weighted by molar-refractivity contribution is -0.275. The molecule has 1 N–H and O–H groups in total. The summed E-state index contributed by atoms with van der Waals surface area (Å²) in [5, 5.41) is 3.33. The molecule has 5 heteroatoms. The van der Waals surface area contributed by atoms with Crippen LogP contribution < -0.4 is 10.1 Å². The predicted molar refractivity (Wildman–Crippen MR) is 66.9 cm³/mol. The van der Waals surface area contributed by atoms with Crippen LogP contribution in [0.5, 0.6) is 5.75 Å². The minimum atomic E-state index is -4.64. The Labute approximate surface area is 111 Å². The molecular formula is C14H18F3NO. The number of rotatable bonds is 6. The van der Waals surface area contributed by atoms with E-state index < -0.39 is 6.36 Å². The van der Waals surface area contributed by atoms with Crippen molar-refractivity contribution in [1.82, 2.24) is 5.32 Å². The fraction of sp³-hybridized carbons (Fsp3) is 0.571. The molecule has 0 amide bonds. The molecule has 0 heterocycles. The third-order valence-corrected chi connectivity index (χ3v) is 3.19. The molecule has 106 valence electrons. The van der Waals surface area contributed by atoms with E-state index in [9.17, 15) is 13.2 Å². The SMILES string of the molecule is CCCNC(c1ccccc1OC(F)(F)F)C1CC1. The molecule has 1 unspecified atom stereocenters. The molecule has 1 atom stereocenters. The Morgan fingerprint density at radius 3 is 2.58 bits per heavy atom. The molecule has 2 rings (SSSR count). The van der Waals surface area contributed by atoms with Crippen LogP contribution in [-0.4, -0.2) is 12.9 Å². The van der Waals surface area contributed by atoms with Gasteiger partial charge in [-0.15, -0.1) is 13.2 Å². The monoisotopic (exact) mass is 273 g/mol. The first-order valence-corrected chi connectivity index (χ1v) is 6.59. The maximum absolute atomic E-state index is 12.4. The average Bonchev–Trinajstić information content (AvgIpc) is 3.14. The van der Waals surface area contributed by atoms with E-state index in [0.717, 1.165) is 25.8 Å². The van der Waals surface area contributed by atoms with Gasteiger partial charge in [0, 0.05) is 11.6 Å². The van der Waals surface area contributed by atoms with Gasteiger partial charge in [0.05, 0.1) is 0 Å². The zero-order valence-corrected chi connectivity index (χ0v) is 10.8. The van der Waals surface area contributed by atoms with E-state index >= 15 is 0 Å². The Hall–Kier alpha value is -1.23. The highest BCUT2D eigenvalue weighted by Crippen LogP contribution is 2.44. The number of hydrogen-bond acceptors (Lipinski definition) is 2. The Kier molecular flexibility index (Phi) is 4.34. The highest BCUT2D eigenvalue weighted by atomic mass is 19.4. The Morgan fingerprint density at radius 1 is 1.32 bits per heavy atom. The van der Waals surface area contributed by atoms with E-state index in [4.69, 9.17) is 0 Å². The first-order chi connectivity index (χ1) is 9.01. The van der Waals surface area contributed by atoms with Crippen LogP contribution in [0, 0.1) is 5.92 Å². The van der Waals surface area contributed by atoms with Gasteiger partial charge in [-0.3, -0.25) is 0 Å². The molecular weight excluding hydrogens is 255 g/mol. The maximum atomic E-state index is 12.4. The summed E-state index contributed by atoms with van der Waals surface area (Å²) < 4.78 is 41.4. The molecule has 1 aromatic carbocycles. The highest BCUT2D eigenvalue weighted by molar-refractivity contribution is 5.37. The van der Waals surface area contributed by atoms with Gasteiger partial charge in [0.15, 0.2) is 0 Å². The fourth-order valence-electron chi connectivity index (χ4n) is 2.22. The van der Waals surface area contributed by atoms with Crippen molar-refractivity contribution in [3.63, 3.8) is 0 Å². The lowest BCUT2D eigenvalue weighted by Gasteiger charge is -2.22. The number of nitrogens with one attached hydrogen (secondary N) is 1. The van der Waals surface area contributed by atoms with Crippen molar-refractivity contribution >= 4 is 0 Å². The van der Waals surface area contributed by atoms with Gasteiger partial charge in [-0.1, -0.05) is 25.1 Å². The van der Waals surface area contributed by atoms with Crippen molar-refractivity contribution in [3.8, 4) is 5.75 Å². The van der Waals surface area contributed by atoms with Crippen LogP contribution in [0.3, 0.4) is 0 Å². The molecule has 0 aliphatic heterocycles. The number of hydrogen-bond donors (Lipinski definition) is 1. The normalized spacial score (nSPS) is 17.3. The molecule has 1 aliphatic rings. The number of halogens is 3. The van der Waals surface area contributed by atoms with Crippen molar-refractivity contribution < 1.29 is 17.9 Å². The first-order valence-electron chi connectivity index (χ1n) is 6.59. The second-order valence-electron chi connectivity index (χ2n) is 4.85. The van der Waals surface area contributed by atoms with Crippen LogP contribution in [0.15, 0.2) is 24.3 Å². The van der Waals surface area contributed by atoms with Crippen LogP contribution in [0.25, 0.3) is 0 Å². The quantitative estimate of drug-likeness (QED) is 0.844. The van der Waals surface area contributed by atoms with E-state index in [1.807, 2.05) is 6.92 Å². The van der Waals surface area contributed by atoms with Crippen molar-refractivity contribution in [1.29, 1.82) is 0 Å². The number of benzene rings is 1. The van der Waals surface area contributed by atoms with Gasteiger partial charge in [-0.25, -0.2) is 0 Å². The van der Waals surface area contributed by atoms with Gasteiger partial charge >= 0.3 is 6.36 Å². The summed E-state index contributed by atoms with van der Waals surface area (Å²) in [7, 11) is 0. The first kappa shape index (κ1) is 14.2. The van der Waals surface area contributed by atoms with Crippen LogP contribution in [0.4, 0.5) is 13.2 Å². The van der Waals surface area contributed by atoms with Crippen molar-refractivity contribution in [3.05, 3.63) is 29.8 Å². The molecule has 2 nitrogen and oxygen atoms in total. The van der Waals surface area contributed by atoms with E-state index in [1.165, 1.54) is 6.07 Å². The summed E-state index contributed by atoms with van der Waals surface area (Å²) in [4.78, 5) is 0. The minimum Gasteiger partial charge on any atom is -0.405 e. The van der Waals surface area contributed by atoms with Gasteiger partial charge in [0.2, 0.25) is 0 Å². The smallest absolute Gasteiger partial charge is 0.405 e. The van der Waals surface area contributed by atoms with E-state index in [1.54, 1.807) is 18.2 Å².